The van der Waals surface area contributed by atoms with Crippen LogP contribution in [0.4, 0.5) is 14.5 Å². The maximum atomic E-state index is 14.5. The number of rotatable bonds is 4. The highest BCUT2D eigenvalue weighted by Crippen LogP contribution is 2.47. The predicted molar refractivity (Wildman–Crippen MR) is 117 cm³/mol. The van der Waals surface area contributed by atoms with Gasteiger partial charge in [-0.1, -0.05) is 23.7 Å². The Hall–Kier alpha value is -2.35. The van der Waals surface area contributed by atoms with E-state index in [0.717, 1.165) is 0 Å². The van der Waals surface area contributed by atoms with Gasteiger partial charge in [-0.25, -0.2) is 0 Å². The molecule has 0 spiro atoms. The molecule has 0 aromatic heterocycles. The fourth-order valence-electron chi connectivity index (χ4n) is 3.98. The highest BCUT2D eigenvalue weighted by molar-refractivity contribution is 6.30. The Morgan fingerprint density at radius 1 is 1.16 bits per heavy atom. The van der Waals surface area contributed by atoms with E-state index in [2.05, 4.69) is 4.99 Å². The van der Waals surface area contributed by atoms with Crippen LogP contribution < -0.4 is 14.4 Å². The standard InChI is InChI=1S/C22H20Cl2F2N2O3/c1-12-10-27-18-11-31-19(14-5-4-6-17(29-2)20(14)30-3)15-9-13(23)7-8-16(15)28(18)21(12)22(24,25)26/h4-9,19H,10-11H2,1-3H3/t19-/m1/s1. The third-order valence-corrected chi connectivity index (χ3v) is 5.68. The van der Waals surface area contributed by atoms with Crippen molar-refractivity contribution in [3.63, 3.8) is 0 Å². The number of anilines is 1. The number of allylic oxidation sites excluding steroid dienone is 1. The lowest BCUT2D eigenvalue weighted by molar-refractivity contribution is 0.111. The number of aliphatic imine (C=N–C) groups is 1. The number of hydrogen-bond acceptors (Lipinski definition) is 5. The maximum Gasteiger partial charge on any atom is 0.363 e. The maximum absolute atomic E-state index is 14.5. The fraction of sp³-hybridized carbons (Fsp3) is 0.318. The summed E-state index contributed by atoms with van der Waals surface area (Å²) in [6.45, 7) is 1.69. The van der Waals surface area contributed by atoms with Crippen molar-refractivity contribution in [2.24, 2.45) is 4.99 Å². The minimum Gasteiger partial charge on any atom is -0.493 e. The van der Waals surface area contributed by atoms with E-state index in [4.69, 9.17) is 37.4 Å². The minimum absolute atomic E-state index is 0.0128. The summed E-state index contributed by atoms with van der Waals surface area (Å²) in [5.74, 6) is 1.35. The van der Waals surface area contributed by atoms with Gasteiger partial charge in [0.1, 0.15) is 24.2 Å². The molecule has 2 heterocycles. The topological polar surface area (TPSA) is 43.3 Å². The van der Waals surface area contributed by atoms with Crippen LogP contribution in [0.2, 0.25) is 5.02 Å². The smallest absolute Gasteiger partial charge is 0.363 e. The molecule has 2 aliphatic rings. The van der Waals surface area contributed by atoms with Crippen LogP contribution >= 0.6 is 23.2 Å². The predicted octanol–water partition coefficient (Wildman–Crippen LogP) is 5.80. The van der Waals surface area contributed by atoms with Gasteiger partial charge in [-0.15, -0.1) is 0 Å². The molecule has 2 aromatic rings. The third kappa shape index (κ3) is 3.86. The molecule has 31 heavy (non-hydrogen) atoms. The summed E-state index contributed by atoms with van der Waals surface area (Å²) < 4.78 is 46.2. The third-order valence-electron chi connectivity index (χ3n) is 5.26. The normalized spacial score (nSPS) is 18.7. The molecule has 9 heteroatoms. The number of amidine groups is 1. The van der Waals surface area contributed by atoms with Crippen molar-refractivity contribution >= 4 is 34.7 Å². The first-order valence-electron chi connectivity index (χ1n) is 9.48. The first-order valence-corrected chi connectivity index (χ1v) is 10.2. The van der Waals surface area contributed by atoms with Gasteiger partial charge in [0.25, 0.3) is 0 Å². The zero-order valence-electron chi connectivity index (χ0n) is 17.1. The van der Waals surface area contributed by atoms with Gasteiger partial charge in [0.05, 0.1) is 26.5 Å². The van der Waals surface area contributed by atoms with Crippen molar-refractivity contribution < 1.29 is 23.0 Å². The van der Waals surface area contributed by atoms with Gasteiger partial charge in [0, 0.05) is 16.1 Å². The molecule has 0 N–H and O–H groups in total. The number of methoxy groups -OCH3 is 2. The molecule has 164 valence electrons. The fourth-order valence-corrected chi connectivity index (χ4v) is 4.40. The van der Waals surface area contributed by atoms with E-state index in [9.17, 15) is 8.78 Å². The number of benzene rings is 2. The zero-order chi connectivity index (χ0) is 22.3. The second-order valence-electron chi connectivity index (χ2n) is 7.17. The van der Waals surface area contributed by atoms with Gasteiger partial charge in [0.15, 0.2) is 11.5 Å². The average molecular weight is 469 g/mol. The molecule has 0 saturated carbocycles. The summed E-state index contributed by atoms with van der Waals surface area (Å²) in [6, 6.07) is 10.4. The molecule has 2 aliphatic heterocycles. The molecule has 0 unspecified atom stereocenters. The summed E-state index contributed by atoms with van der Waals surface area (Å²) in [7, 11) is 3.07. The average Bonchev–Trinajstić information content (AvgIpc) is 2.88. The summed E-state index contributed by atoms with van der Waals surface area (Å²) in [5, 5.41) is -3.15. The molecule has 0 bridgehead atoms. The highest BCUT2D eigenvalue weighted by atomic mass is 35.5. The molecule has 0 fully saturated rings. The van der Waals surface area contributed by atoms with Crippen molar-refractivity contribution in [2.75, 3.05) is 32.3 Å². The molecular weight excluding hydrogens is 449 g/mol. The van der Waals surface area contributed by atoms with E-state index in [1.54, 1.807) is 31.2 Å². The zero-order valence-corrected chi connectivity index (χ0v) is 18.6. The van der Waals surface area contributed by atoms with E-state index < -0.39 is 11.5 Å². The van der Waals surface area contributed by atoms with Gasteiger partial charge in [-0.3, -0.25) is 9.89 Å². The molecule has 5 nitrogen and oxygen atoms in total. The first-order chi connectivity index (χ1) is 14.8. The number of alkyl halides is 3. The van der Waals surface area contributed by atoms with Crippen LogP contribution in [0.1, 0.15) is 24.2 Å². The second kappa shape index (κ2) is 8.30. The van der Waals surface area contributed by atoms with Crippen molar-refractivity contribution in [1.82, 2.24) is 0 Å². The summed E-state index contributed by atoms with van der Waals surface area (Å²) in [5.41, 5.74) is 1.78. The van der Waals surface area contributed by atoms with Gasteiger partial charge in [-0.05, 0) is 48.4 Å². The quantitative estimate of drug-likeness (QED) is 0.531. The molecular formula is C22H20Cl2F2N2O3. The van der Waals surface area contributed by atoms with Crippen LogP contribution in [-0.2, 0) is 4.74 Å². The lowest BCUT2D eigenvalue weighted by atomic mass is 9.97. The number of para-hydroxylation sites is 1. The number of nitrogens with zero attached hydrogens (tertiary/aromatic N) is 2. The molecule has 2 aromatic carbocycles. The van der Waals surface area contributed by atoms with Crippen molar-refractivity contribution in [3.05, 3.63) is 63.8 Å². The summed E-state index contributed by atoms with van der Waals surface area (Å²) in [6.07, 6.45) is -0.669. The lowest BCUT2D eigenvalue weighted by Crippen LogP contribution is -2.41. The monoisotopic (exact) mass is 468 g/mol. The van der Waals surface area contributed by atoms with Crippen molar-refractivity contribution in [3.8, 4) is 11.5 Å². The lowest BCUT2D eigenvalue weighted by Gasteiger charge is -2.34. The van der Waals surface area contributed by atoms with E-state index in [1.165, 1.54) is 19.1 Å². The molecule has 0 amide bonds. The molecule has 4 rings (SSSR count). The van der Waals surface area contributed by atoms with E-state index >= 15 is 0 Å². The van der Waals surface area contributed by atoms with Crippen LogP contribution in [0.3, 0.4) is 0 Å². The van der Waals surface area contributed by atoms with Gasteiger partial charge in [0.2, 0.25) is 0 Å². The van der Waals surface area contributed by atoms with Gasteiger partial charge >= 0.3 is 5.38 Å². The Labute approximate surface area is 188 Å². The number of halogens is 4. The second-order valence-corrected chi connectivity index (χ2v) is 8.08. The van der Waals surface area contributed by atoms with E-state index in [-0.39, 0.29) is 18.8 Å². The summed E-state index contributed by atoms with van der Waals surface area (Å²) in [4.78, 5) is 5.84. The highest BCUT2D eigenvalue weighted by Gasteiger charge is 2.43. The number of ether oxygens (including phenoxy) is 3. The minimum atomic E-state index is -3.59. The van der Waals surface area contributed by atoms with Crippen molar-refractivity contribution in [2.45, 2.75) is 18.4 Å². The largest absolute Gasteiger partial charge is 0.493 e. The number of hydrogen-bond donors (Lipinski definition) is 0. The number of fused-ring (bicyclic) bond motifs is 3. The Morgan fingerprint density at radius 2 is 1.94 bits per heavy atom. The van der Waals surface area contributed by atoms with Crippen LogP contribution in [0, 0.1) is 0 Å². The summed E-state index contributed by atoms with van der Waals surface area (Å²) >= 11 is 11.8. The van der Waals surface area contributed by atoms with E-state index in [0.29, 0.717) is 44.7 Å². The SMILES string of the molecule is COc1cccc([C@H]2OCC3=NCC(C)=C(C(F)(F)Cl)N3c3ccc(Cl)cc32)c1OC. The molecule has 1 atom stereocenters. The van der Waals surface area contributed by atoms with Crippen molar-refractivity contribution in [1.29, 1.82) is 0 Å². The first kappa shape index (κ1) is 21.9. The molecule has 0 radical (unpaired) electrons. The van der Waals surface area contributed by atoms with Gasteiger partial charge < -0.3 is 14.2 Å². The van der Waals surface area contributed by atoms with Crippen LogP contribution in [0.5, 0.6) is 11.5 Å². The van der Waals surface area contributed by atoms with Gasteiger partial charge in [-0.2, -0.15) is 8.78 Å². The Bertz CT molecular complexity index is 1080. The van der Waals surface area contributed by atoms with Crippen LogP contribution in [0.25, 0.3) is 0 Å². The van der Waals surface area contributed by atoms with Crippen LogP contribution in [-0.4, -0.2) is 38.6 Å². The molecule has 0 saturated heterocycles. The van der Waals surface area contributed by atoms with E-state index in [1.807, 2.05) is 12.1 Å². The van der Waals surface area contributed by atoms with Crippen LogP contribution in [0.15, 0.2) is 52.7 Å². The Kier molecular flexibility index (Phi) is 5.85. The Morgan fingerprint density at radius 3 is 2.61 bits per heavy atom. The molecule has 0 aliphatic carbocycles. The Balaban J connectivity index is 1.96.